The molecule has 1 heterocycles. The average molecular weight is 273 g/mol. The number of aryl methyl sites for hydroxylation is 2. The number of rotatable bonds is 3. The number of halogens is 1. The van der Waals surface area contributed by atoms with Crippen LogP contribution < -0.4 is 4.74 Å². The molecule has 0 aliphatic heterocycles. The SMILES string of the molecule is Cc1cc(C#N)cc(C)c1Oc1ncccc1CCl. The fourth-order valence-electron chi connectivity index (χ4n) is 1.89. The van der Waals surface area contributed by atoms with E-state index in [1.54, 1.807) is 18.3 Å². The van der Waals surface area contributed by atoms with Crippen LogP contribution in [0.2, 0.25) is 0 Å². The Morgan fingerprint density at radius 1 is 1.32 bits per heavy atom. The monoisotopic (exact) mass is 272 g/mol. The Balaban J connectivity index is 2.42. The van der Waals surface area contributed by atoms with Gasteiger partial charge in [0.05, 0.1) is 17.5 Å². The zero-order chi connectivity index (χ0) is 13.8. The van der Waals surface area contributed by atoms with Gasteiger partial charge in [-0.1, -0.05) is 6.07 Å². The minimum atomic E-state index is 0.345. The van der Waals surface area contributed by atoms with Crippen LogP contribution in [-0.4, -0.2) is 4.98 Å². The van der Waals surface area contributed by atoms with Gasteiger partial charge in [-0.05, 0) is 43.2 Å². The van der Waals surface area contributed by atoms with Crippen molar-refractivity contribution in [2.75, 3.05) is 0 Å². The lowest BCUT2D eigenvalue weighted by molar-refractivity contribution is 0.451. The van der Waals surface area contributed by atoms with E-state index in [0.717, 1.165) is 22.4 Å². The Bertz CT molecular complexity index is 624. The summed E-state index contributed by atoms with van der Waals surface area (Å²) in [6.45, 7) is 3.82. The van der Waals surface area contributed by atoms with E-state index in [-0.39, 0.29) is 0 Å². The number of hydrogen-bond donors (Lipinski definition) is 0. The average Bonchev–Trinajstić information content (AvgIpc) is 2.43. The number of pyridine rings is 1. The summed E-state index contributed by atoms with van der Waals surface area (Å²) < 4.78 is 5.86. The lowest BCUT2D eigenvalue weighted by Gasteiger charge is -2.13. The summed E-state index contributed by atoms with van der Waals surface area (Å²) in [7, 11) is 0. The van der Waals surface area contributed by atoms with Crippen LogP contribution in [-0.2, 0) is 5.88 Å². The number of nitriles is 1. The molecule has 0 saturated carbocycles. The van der Waals surface area contributed by atoms with Crippen molar-refractivity contribution >= 4 is 11.6 Å². The molecule has 1 aromatic carbocycles. The molecule has 0 radical (unpaired) electrons. The van der Waals surface area contributed by atoms with Gasteiger partial charge in [-0.2, -0.15) is 5.26 Å². The van der Waals surface area contributed by atoms with Gasteiger partial charge in [0.2, 0.25) is 5.88 Å². The lowest BCUT2D eigenvalue weighted by atomic mass is 10.1. The van der Waals surface area contributed by atoms with Crippen molar-refractivity contribution in [3.8, 4) is 17.7 Å². The molecular formula is C15H13ClN2O. The van der Waals surface area contributed by atoms with Gasteiger partial charge in [-0.3, -0.25) is 0 Å². The van der Waals surface area contributed by atoms with Gasteiger partial charge in [0, 0.05) is 11.8 Å². The predicted molar refractivity (Wildman–Crippen MR) is 74.5 cm³/mol. The van der Waals surface area contributed by atoms with Crippen molar-refractivity contribution in [1.82, 2.24) is 4.98 Å². The Labute approximate surface area is 117 Å². The normalized spacial score (nSPS) is 10.0. The van der Waals surface area contributed by atoms with Crippen LogP contribution in [0.25, 0.3) is 0 Å². The third-order valence-corrected chi connectivity index (χ3v) is 3.07. The van der Waals surface area contributed by atoms with Gasteiger partial charge >= 0.3 is 0 Å². The third kappa shape index (κ3) is 2.86. The van der Waals surface area contributed by atoms with Gasteiger partial charge in [0.1, 0.15) is 5.75 Å². The summed E-state index contributed by atoms with van der Waals surface area (Å²) in [6, 6.07) is 9.43. The van der Waals surface area contributed by atoms with E-state index in [4.69, 9.17) is 21.6 Å². The molecule has 1 aromatic heterocycles. The van der Waals surface area contributed by atoms with Crippen LogP contribution in [0.4, 0.5) is 0 Å². The highest BCUT2D eigenvalue weighted by Crippen LogP contribution is 2.30. The second-order valence-corrected chi connectivity index (χ2v) is 4.52. The zero-order valence-corrected chi connectivity index (χ0v) is 11.5. The molecule has 2 rings (SSSR count). The van der Waals surface area contributed by atoms with Crippen LogP contribution in [0, 0.1) is 25.2 Å². The number of aromatic nitrogens is 1. The molecule has 0 spiro atoms. The number of benzene rings is 1. The van der Waals surface area contributed by atoms with Crippen molar-refractivity contribution in [1.29, 1.82) is 5.26 Å². The molecule has 0 atom stereocenters. The Hall–Kier alpha value is -2.05. The Morgan fingerprint density at radius 3 is 2.58 bits per heavy atom. The second kappa shape index (κ2) is 5.73. The van der Waals surface area contributed by atoms with Crippen molar-refractivity contribution in [2.24, 2.45) is 0 Å². The fourth-order valence-corrected chi connectivity index (χ4v) is 2.09. The first-order chi connectivity index (χ1) is 9.15. The van der Waals surface area contributed by atoms with E-state index >= 15 is 0 Å². The van der Waals surface area contributed by atoms with E-state index in [1.807, 2.05) is 26.0 Å². The number of hydrogen-bond acceptors (Lipinski definition) is 3. The quantitative estimate of drug-likeness (QED) is 0.790. The van der Waals surface area contributed by atoms with Crippen LogP contribution in [0.3, 0.4) is 0 Å². The lowest BCUT2D eigenvalue weighted by Crippen LogP contribution is -1.97. The molecule has 0 fully saturated rings. The molecule has 3 nitrogen and oxygen atoms in total. The molecule has 0 aliphatic carbocycles. The highest BCUT2D eigenvalue weighted by Gasteiger charge is 2.11. The summed E-state index contributed by atoms with van der Waals surface area (Å²) in [5, 5.41) is 8.93. The summed E-state index contributed by atoms with van der Waals surface area (Å²) in [4.78, 5) is 4.20. The van der Waals surface area contributed by atoms with Crippen molar-refractivity contribution < 1.29 is 4.74 Å². The maximum atomic E-state index is 8.93. The summed E-state index contributed by atoms with van der Waals surface area (Å²) in [6.07, 6.45) is 1.67. The van der Waals surface area contributed by atoms with E-state index in [0.29, 0.717) is 17.3 Å². The zero-order valence-electron chi connectivity index (χ0n) is 10.8. The van der Waals surface area contributed by atoms with Crippen LogP contribution in [0.15, 0.2) is 30.5 Å². The van der Waals surface area contributed by atoms with E-state index < -0.39 is 0 Å². The molecule has 0 N–H and O–H groups in total. The summed E-state index contributed by atoms with van der Waals surface area (Å²) in [5.41, 5.74) is 3.28. The predicted octanol–water partition coefficient (Wildman–Crippen LogP) is 4.10. The molecular weight excluding hydrogens is 260 g/mol. The molecule has 0 unspecified atom stereocenters. The van der Waals surface area contributed by atoms with Crippen LogP contribution in [0.5, 0.6) is 11.6 Å². The highest BCUT2D eigenvalue weighted by atomic mass is 35.5. The first-order valence-electron chi connectivity index (χ1n) is 5.84. The van der Waals surface area contributed by atoms with Gasteiger partial charge in [0.25, 0.3) is 0 Å². The van der Waals surface area contributed by atoms with Crippen LogP contribution in [0.1, 0.15) is 22.3 Å². The molecule has 4 heteroatoms. The van der Waals surface area contributed by atoms with Gasteiger partial charge in [0.15, 0.2) is 0 Å². The van der Waals surface area contributed by atoms with E-state index in [1.165, 1.54) is 0 Å². The molecule has 0 aliphatic rings. The highest BCUT2D eigenvalue weighted by molar-refractivity contribution is 6.17. The van der Waals surface area contributed by atoms with Crippen molar-refractivity contribution in [3.05, 3.63) is 52.7 Å². The van der Waals surface area contributed by atoms with Crippen molar-refractivity contribution in [2.45, 2.75) is 19.7 Å². The van der Waals surface area contributed by atoms with Crippen LogP contribution >= 0.6 is 11.6 Å². The standard InChI is InChI=1S/C15H13ClN2O/c1-10-6-12(9-17)7-11(2)14(10)19-15-13(8-16)4-3-5-18-15/h3-7H,8H2,1-2H3. The number of alkyl halides is 1. The molecule has 0 amide bonds. The molecule has 0 bridgehead atoms. The smallest absolute Gasteiger partial charge is 0.223 e. The molecule has 96 valence electrons. The topological polar surface area (TPSA) is 45.9 Å². The number of nitrogens with zero attached hydrogens (tertiary/aromatic N) is 2. The molecule has 2 aromatic rings. The fraction of sp³-hybridized carbons (Fsp3) is 0.200. The van der Waals surface area contributed by atoms with Crippen molar-refractivity contribution in [3.63, 3.8) is 0 Å². The minimum Gasteiger partial charge on any atom is -0.438 e. The largest absolute Gasteiger partial charge is 0.438 e. The van der Waals surface area contributed by atoms with E-state index in [9.17, 15) is 0 Å². The third-order valence-electron chi connectivity index (χ3n) is 2.78. The van der Waals surface area contributed by atoms with Gasteiger partial charge in [-0.25, -0.2) is 4.98 Å². The Kier molecular flexibility index (Phi) is 4.03. The minimum absolute atomic E-state index is 0.345. The summed E-state index contributed by atoms with van der Waals surface area (Å²) >= 11 is 5.86. The Morgan fingerprint density at radius 2 is 2.00 bits per heavy atom. The van der Waals surface area contributed by atoms with E-state index in [2.05, 4.69) is 11.1 Å². The molecule has 19 heavy (non-hydrogen) atoms. The second-order valence-electron chi connectivity index (χ2n) is 4.25. The maximum Gasteiger partial charge on any atom is 0.223 e. The first-order valence-corrected chi connectivity index (χ1v) is 6.38. The van der Waals surface area contributed by atoms with Gasteiger partial charge in [-0.15, -0.1) is 11.6 Å². The molecule has 0 saturated heterocycles. The summed E-state index contributed by atoms with van der Waals surface area (Å²) in [5.74, 6) is 1.58. The maximum absolute atomic E-state index is 8.93. The number of ether oxygens (including phenoxy) is 1. The van der Waals surface area contributed by atoms with Gasteiger partial charge < -0.3 is 4.74 Å². The first kappa shape index (κ1) is 13.4.